The first-order valence-electron chi connectivity index (χ1n) is 14.3. The summed E-state index contributed by atoms with van der Waals surface area (Å²) in [5, 5.41) is 17.7. The topological polar surface area (TPSA) is 78.1 Å². The van der Waals surface area contributed by atoms with Crippen LogP contribution in [0.4, 0.5) is 27.6 Å². The van der Waals surface area contributed by atoms with E-state index in [1.54, 1.807) is 23.4 Å². The van der Waals surface area contributed by atoms with E-state index in [1.165, 1.54) is 17.9 Å². The molecule has 7 nitrogen and oxygen atoms in total. The lowest BCUT2D eigenvalue weighted by atomic mass is 9.57. The highest BCUT2D eigenvalue weighted by atomic mass is 19.4. The van der Waals surface area contributed by atoms with Crippen molar-refractivity contribution < 1.29 is 26.7 Å². The predicted octanol–water partition coefficient (Wildman–Crippen LogP) is 5.89. The second-order valence-corrected chi connectivity index (χ2v) is 12.3. The molecule has 2 aromatic carbocycles. The molecule has 3 heterocycles. The average molecular weight is 599 g/mol. The lowest BCUT2D eigenvalue weighted by molar-refractivity contribution is -0.138. The van der Waals surface area contributed by atoms with Crippen LogP contribution >= 0.6 is 0 Å². The lowest BCUT2D eigenvalue weighted by Crippen LogP contribution is -2.45. The van der Waals surface area contributed by atoms with Gasteiger partial charge in [0.1, 0.15) is 12.2 Å². The number of aromatic nitrogens is 3. The van der Waals surface area contributed by atoms with Crippen LogP contribution in [0.1, 0.15) is 64.6 Å². The van der Waals surface area contributed by atoms with Gasteiger partial charge in [-0.25, -0.2) is 8.78 Å². The van der Waals surface area contributed by atoms with E-state index in [9.17, 15) is 32.0 Å². The molecule has 6 rings (SSSR count). The van der Waals surface area contributed by atoms with Gasteiger partial charge < -0.3 is 9.47 Å². The van der Waals surface area contributed by atoms with Crippen molar-refractivity contribution in [2.24, 2.45) is 18.9 Å². The molecule has 1 unspecified atom stereocenters. The molecule has 0 spiro atoms. The molecule has 3 aromatic rings. The third kappa shape index (κ3) is 5.28. The number of likely N-dealkylation sites (tertiary alicyclic amines) is 1. The van der Waals surface area contributed by atoms with E-state index in [4.69, 9.17) is 0 Å². The third-order valence-corrected chi connectivity index (χ3v) is 9.36. The van der Waals surface area contributed by atoms with Crippen LogP contribution in [0.3, 0.4) is 0 Å². The fourth-order valence-corrected chi connectivity index (χ4v) is 6.82. The standard InChI is InChI=1S/C31H31F5N6O/c1-19-15-41(7-6-30(19,32)33)16-20-8-24-25(26(9-20)31(34,35)36)17-42(28(24)43)23-5-3-4-22(10-23)29(11-21(12-29)14-37)13-27-39-38-18-40(27)2/h3-5,8-10,18-19,21H,6-7,11-13,15-17H2,1-2H3. The molecule has 2 fully saturated rings. The first-order chi connectivity index (χ1) is 20.3. The first-order valence-corrected chi connectivity index (χ1v) is 14.3. The summed E-state index contributed by atoms with van der Waals surface area (Å²) in [6.45, 7) is 1.36. The summed E-state index contributed by atoms with van der Waals surface area (Å²) >= 11 is 0. The number of halogens is 5. The van der Waals surface area contributed by atoms with Crippen molar-refractivity contribution in [3.63, 3.8) is 0 Å². The van der Waals surface area contributed by atoms with Crippen LogP contribution in [0.5, 0.6) is 0 Å². The highest BCUT2D eigenvalue weighted by Crippen LogP contribution is 2.50. The van der Waals surface area contributed by atoms with Crippen molar-refractivity contribution in [3.8, 4) is 6.07 Å². The molecule has 2 aliphatic heterocycles. The molecule has 226 valence electrons. The number of piperidine rings is 1. The summed E-state index contributed by atoms with van der Waals surface area (Å²) in [6, 6.07) is 12.1. The van der Waals surface area contributed by atoms with Gasteiger partial charge >= 0.3 is 6.18 Å². The highest BCUT2D eigenvalue weighted by molar-refractivity contribution is 6.10. The summed E-state index contributed by atoms with van der Waals surface area (Å²) in [7, 11) is 1.84. The van der Waals surface area contributed by atoms with Crippen LogP contribution in [-0.4, -0.2) is 44.6 Å². The Bertz CT molecular complexity index is 1600. The van der Waals surface area contributed by atoms with Crippen molar-refractivity contribution in [2.75, 3.05) is 18.0 Å². The molecule has 1 atom stereocenters. The van der Waals surface area contributed by atoms with Crippen LogP contribution in [0, 0.1) is 23.2 Å². The maximum absolute atomic E-state index is 14.3. The number of carbonyl (C=O) groups excluding carboxylic acids is 1. The van der Waals surface area contributed by atoms with Gasteiger partial charge in [0, 0.05) is 68.0 Å². The van der Waals surface area contributed by atoms with Crippen LogP contribution in [0.25, 0.3) is 0 Å². The Labute approximate surface area is 245 Å². The van der Waals surface area contributed by atoms with Crippen molar-refractivity contribution in [1.82, 2.24) is 19.7 Å². The maximum atomic E-state index is 14.3. The molecule has 3 aliphatic rings. The monoisotopic (exact) mass is 598 g/mol. The van der Waals surface area contributed by atoms with E-state index in [0.29, 0.717) is 24.9 Å². The van der Waals surface area contributed by atoms with Gasteiger partial charge in [-0.2, -0.15) is 18.4 Å². The van der Waals surface area contributed by atoms with Crippen LogP contribution in [-0.2, 0) is 38.1 Å². The Hall–Kier alpha value is -3.85. The van der Waals surface area contributed by atoms with E-state index in [-0.39, 0.29) is 55.2 Å². The van der Waals surface area contributed by atoms with Crippen LogP contribution in [0.15, 0.2) is 42.7 Å². The number of alkyl halides is 5. The molecule has 1 saturated carbocycles. The molecule has 1 aromatic heterocycles. The fraction of sp³-hybridized carbons (Fsp3) is 0.484. The van der Waals surface area contributed by atoms with Gasteiger partial charge in [-0.05, 0) is 53.8 Å². The number of amides is 1. The molecule has 1 saturated heterocycles. The van der Waals surface area contributed by atoms with Gasteiger partial charge in [0.2, 0.25) is 0 Å². The van der Waals surface area contributed by atoms with E-state index in [2.05, 4.69) is 16.3 Å². The van der Waals surface area contributed by atoms with Crippen molar-refractivity contribution >= 4 is 11.6 Å². The summed E-state index contributed by atoms with van der Waals surface area (Å²) < 4.78 is 72.7. The molecule has 0 radical (unpaired) electrons. The number of carbonyl (C=O) groups is 1. The maximum Gasteiger partial charge on any atom is 0.416 e. The van der Waals surface area contributed by atoms with E-state index < -0.39 is 34.9 Å². The number of fused-ring (bicyclic) bond motifs is 1. The van der Waals surface area contributed by atoms with E-state index in [1.807, 2.05) is 23.7 Å². The Morgan fingerprint density at radius 1 is 1.16 bits per heavy atom. The first kappa shape index (κ1) is 29.2. The number of rotatable bonds is 6. The quantitative estimate of drug-likeness (QED) is 0.331. The number of nitrogens with zero attached hydrogens (tertiary/aromatic N) is 6. The normalized spacial score (nSPS) is 25.3. The Morgan fingerprint density at radius 2 is 1.93 bits per heavy atom. The van der Waals surface area contributed by atoms with Gasteiger partial charge in [-0.15, -0.1) is 10.2 Å². The third-order valence-electron chi connectivity index (χ3n) is 9.36. The van der Waals surface area contributed by atoms with Gasteiger partial charge in [0.05, 0.1) is 18.2 Å². The number of aryl methyl sites for hydroxylation is 1. The summed E-state index contributed by atoms with van der Waals surface area (Å²) in [5.74, 6) is -3.64. The number of hydrogen-bond acceptors (Lipinski definition) is 5. The minimum Gasteiger partial charge on any atom is -0.321 e. The Morgan fingerprint density at radius 3 is 2.58 bits per heavy atom. The molecule has 0 N–H and O–H groups in total. The Kier molecular flexibility index (Phi) is 7.07. The van der Waals surface area contributed by atoms with Crippen LogP contribution in [0.2, 0.25) is 0 Å². The molecule has 1 aliphatic carbocycles. The van der Waals surface area contributed by atoms with E-state index >= 15 is 0 Å². The predicted molar refractivity (Wildman–Crippen MR) is 147 cm³/mol. The van der Waals surface area contributed by atoms with Gasteiger partial charge in [-0.1, -0.05) is 19.1 Å². The number of benzene rings is 2. The van der Waals surface area contributed by atoms with Crippen molar-refractivity contribution in [1.29, 1.82) is 5.26 Å². The smallest absolute Gasteiger partial charge is 0.321 e. The van der Waals surface area contributed by atoms with Gasteiger partial charge in [-0.3, -0.25) is 9.69 Å². The molecule has 1 amide bonds. The summed E-state index contributed by atoms with van der Waals surface area (Å²) in [6.07, 6.45) is -1.73. The highest BCUT2D eigenvalue weighted by Gasteiger charge is 2.47. The summed E-state index contributed by atoms with van der Waals surface area (Å²) in [4.78, 5) is 16.8. The van der Waals surface area contributed by atoms with Crippen molar-refractivity contribution in [3.05, 3.63) is 76.4 Å². The molecule has 0 bridgehead atoms. The largest absolute Gasteiger partial charge is 0.416 e. The Balaban J connectivity index is 1.30. The van der Waals surface area contributed by atoms with Crippen LogP contribution < -0.4 is 4.90 Å². The molecule has 12 heteroatoms. The molecular formula is C31H31F5N6O. The number of hydrogen-bond donors (Lipinski definition) is 0. The zero-order valence-corrected chi connectivity index (χ0v) is 23.8. The molecular weight excluding hydrogens is 567 g/mol. The zero-order valence-electron chi connectivity index (χ0n) is 23.8. The minimum absolute atomic E-state index is 0.0207. The zero-order chi connectivity index (χ0) is 30.7. The number of nitriles is 1. The second-order valence-electron chi connectivity index (χ2n) is 12.3. The fourth-order valence-electron chi connectivity index (χ4n) is 6.82. The lowest BCUT2D eigenvalue weighted by Gasteiger charge is -2.45. The molecule has 43 heavy (non-hydrogen) atoms. The van der Waals surface area contributed by atoms with E-state index in [0.717, 1.165) is 17.5 Å². The van der Waals surface area contributed by atoms with Crippen molar-refractivity contribution in [2.45, 2.75) is 63.2 Å². The second kappa shape index (κ2) is 10.4. The minimum atomic E-state index is -4.70. The number of anilines is 1. The average Bonchev–Trinajstić information content (AvgIpc) is 3.49. The SMILES string of the molecule is CC1CN(Cc2cc3c(c(C(F)(F)F)c2)CN(c2cccc(C4(Cc5nncn5C)CC(C#N)C4)c2)C3=O)CCC1(F)F. The van der Waals surface area contributed by atoms with Gasteiger partial charge in [0.25, 0.3) is 11.8 Å². The van der Waals surface area contributed by atoms with Gasteiger partial charge in [0.15, 0.2) is 0 Å². The summed E-state index contributed by atoms with van der Waals surface area (Å²) in [5.41, 5.74) is 0.220.